The Morgan fingerprint density at radius 2 is 0.791 bits per heavy atom. The van der Waals surface area contributed by atoms with E-state index in [1.165, 1.54) is 0 Å². The van der Waals surface area contributed by atoms with Crippen LogP contribution in [0.25, 0.3) is 0 Å². The van der Waals surface area contributed by atoms with E-state index < -0.39 is 12.5 Å². The van der Waals surface area contributed by atoms with E-state index in [4.69, 9.17) is 9.47 Å². The second-order valence-electron chi connectivity index (χ2n) is 10.7. The van der Waals surface area contributed by atoms with Crippen LogP contribution in [0.1, 0.15) is 44.3 Å². The van der Waals surface area contributed by atoms with Gasteiger partial charge in [-0.1, -0.05) is 54.6 Å². The van der Waals surface area contributed by atoms with Gasteiger partial charge in [-0.15, -0.1) is 0 Å². The third-order valence-electron chi connectivity index (χ3n) is 7.88. The van der Waals surface area contributed by atoms with Crippen molar-refractivity contribution in [3.05, 3.63) is 150 Å². The summed E-state index contributed by atoms with van der Waals surface area (Å²) in [5.74, 6) is -0.684. The SMILES string of the molecule is CN(C)c1ccc(N(c2ccc(N(c3ccccc3)C3OC(=O)c4ccccc43)cc2)C2OC(=O)c3ccccc32)cc1. The van der Waals surface area contributed by atoms with E-state index in [0.717, 1.165) is 39.6 Å². The summed E-state index contributed by atoms with van der Waals surface area (Å²) >= 11 is 0. The lowest BCUT2D eigenvalue weighted by atomic mass is 10.1. The molecule has 5 aromatic rings. The number of hydrogen-bond acceptors (Lipinski definition) is 7. The Morgan fingerprint density at radius 3 is 1.21 bits per heavy atom. The molecule has 2 atom stereocenters. The number of ether oxygens (including phenoxy) is 2. The van der Waals surface area contributed by atoms with Gasteiger partial charge in [-0.2, -0.15) is 0 Å². The number of rotatable bonds is 7. The number of cyclic esters (lactones) is 2. The fraction of sp³-hybridized carbons (Fsp3) is 0.111. The molecule has 0 bridgehead atoms. The van der Waals surface area contributed by atoms with Crippen molar-refractivity contribution in [1.82, 2.24) is 0 Å². The molecule has 0 saturated carbocycles. The molecule has 0 radical (unpaired) electrons. The van der Waals surface area contributed by atoms with Crippen molar-refractivity contribution in [2.45, 2.75) is 12.5 Å². The van der Waals surface area contributed by atoms with E-state index in [-0.39, 0.29) is 11.9 Å². The minimum absolute atomic E-state index is 0.341. The summed E-state index contributed by atoms with van der Waals surface area (Å²) in [5, 5.41) is 0. The van der Waals surface area contributed by atoms with Gasteiger partial charge in [0.15, 0.2) is 0 Å². The number of esters is 2. The number of nitrogens with zero attached hydrogens (tertiary/aromatic N) is 3. The number of benzene rings is 5. The molecule has 7 rings (SSSR count). The monoisotopic (exact) mass is 567 g/mol. The Labute approximate surface area is 250 Å². The van der Waals surface area contributed by atoms with Gasteiger partial charge in [0.1, 0.15) is 0 Å². The van der Waals surface area contributed by atoms with Crippen LogP contribution in [-0.2, 0) is 9.47 Å². The number of anilines is 5. The van der Waals surface area contributed by atoms with Gasteiger partial charge in [-0.05, 0) is 72.8 Å². The molecule has 0 fully saturated rings. The van der Waals surface area contributed by atoms with Gasteiger partial charge in [-0.25, -0.2) is 9.59 Å². The Bertz CT molecular complexity index is 1800. The topological polar surface area (TPSA) is 62.3 Å². The molecule has 2 aliphatic heterocycles. The first-order valence-corrected chi connectivity index (χ1v) is 14.1. The lowest BCUT2D eigenvalue weighted by Gasteiger charge is -2.33. The molecule has 0 spiro atoms. The maximum atomic E-state index is 12.9. The second kappa shape index (κ2) is 10.7. The van der Waals surface area contributed by atoms with Gasteiger partial charge < -0.3 is 24.2 Å². The molecule has 2 heterocycles. The molecule has 43 heavy (non-hydrogen) atoms. The summed E-state index contributed by atoms with van der Waals surface area (Å²) in [5.41, 5.74) is 7.28. The lowest BCUT2D eigenvalue weighted by Crippen LogP contribution is -2.25. The first-order valence-electron chi connectivity index (χ1n) is 14.1. The predicted octanol–water partition coefficient (Wildman–Crippen LogP) is 7.77. The second-order valence-corrected chi connectivity index (χ2v) is 10.7. The van der Waals surface area contributed by atoms with Crippen LogP contribution in [0, 0.1) is 0 Å². The molecule has 0 N–H and O–H groups in total. The fourth-order valence-electron chi connectivity index (χ4n) is 5.75. The van der Waals surface area contributed by atoms with E-state index in [1.807, 2.05) is 144 Å². The van der Waals surface area contributed by atoms with Gasteiger partial charge >= 0.3 is 11.9 Å². The van der Waals surface area contributed by atoms with Gasteiger partial charge in [0.05, 0.1) is 11.1 Å². The predicted molar refractivity (Wildman–Crippen MR) is 167 cm³/mol. The zero-order chi connectivity index (χ0) is 29.5. The van der Waals surface area contributed by atoms with Crippen molar-refractivity contribution in [2.24, 2.45) is 0 Å². The Hall–Kier alpha value is -5.56. The van der Waals surface area contributed by atoms with Crippen molar-refractivity contribution in [3.8, 4) is 0 Å². The Morgan fingerprint density at radius 1 is 0.442 bits per heavy atom. The lowest BCUT2D eigenvalue weighted by molar-refractivity contribution is 0.0388. The molecule has 0 aliphatic carbocycles. The minimum Gasteiger partial charge on any atom is -0.433 e. The number of carbonyl (C=O) groups is 2. The van der Waals surface area contributed by atoms with E-state index in [9.17, 15) is 9.59 Å². The number of hydrogen-bond donors (Lipinski definition) is 0. The molecule has 0 aromatic heterocycles. The van der Waals surface area contributed by atoms with E-state index in [1.54, 1.807) is 12.1 Å². The summed E-state index contributed by atoms with van der Waals surface area (Å²) < 4.78 is 11.9. The number of fused-ring (bicyclic) bond motifs is 2. The van der Waals surface area contributed by atoms with Crippen molar-refractivity contribution < 1.29 is 19.1 Å². The molecule has 7 nitrogen and oxygen atoms in total. The van der Waals surface area contributed by atoms with Gasteiger partial charge in [0.2, 0.25) is 12.5 Å². The molecule has 0 saturated heterocycles. The number of para-hydroxylation sites is 1. The zero-order valence-electron chi connectivity index (χ0n) is 23.8. The highest BCUT2D eigenvalue weighted by Crippen LogP contribution is 2.44. The normalized spacial score (nSPS) is 16.6. The van der Waals surface area contributed by atoms with Crippen LogP contribution in [0.4, 0.5) is 28.4 Å². The summed E-state index contributed by atoms with van der Waals surface area (Å²) in [6.07, 6.45) is -1.25. The molecule has 7 heteroatoms. The average molecular weight is 568 g/mol. The van der Waals surface area contributed by atoms with Gasteiger partial charge in [-0.3, -0.25) is 0 Å². The van der Waals surface area contributed by atoms with E-state index in [2.05, 4.69) is 0 Å². The Kier molecular flexibility index (Phi) is 6.55. The molecule has 212 valence electrons. The third-order valence-corrected chi connectivity index (χ3v) is 7.88. The molecular formula is C36H29N3O4. The summed E-state index contributed by atoms with van der Waals surface area (Å²) in [4.78, 5) is 31.7. The smallest absolute Gasteiger partial charge is 0.340 e. The van der Waals surface area contributed by atoms with Crippen LogP contribution in [0.3, 0.4) is 0 Å². The van der Waals surface area contributed by atoms with Crippen LogP contribution in [0.15, 0.2) is 127 Å². The van der Waals surface area contributed by atoms with Crippen LogP contribution >= 0.6 is 0 Å². The molecule has 5 aromatic carbocycles. The van der Waals surface area contributed by atoms with Crippen LogP contribution in [0.2, 0.25) is 0 Å². The molecule has 2 unspecified atom stereocenters. The highest BCUT2D eigenvalue weighted by atomic mass is 16.6. The quantitative estimate of drug-likeness (QED) is 0.186. The van der Waals surface area contributed by atoms with Crippen molar-refractivity contribution in [1.29, 1.82) is 0 Å². The largest absolute Gasteiger partial charge is 0.433 e. The third kappa shape index (κ3) is 4.65. The first-order chi connectivity index (χ1) is 21.0. The fourth-order valence-corrected chi connectivity index (χ4v) is 5.75. The summed E-state index contributed by atoms with van der Waals surface area (Å²) in [6, 6.07) is 41.0. The van der Waals surface area contributed by atoms with Gasteiger partial charge in [0, 0.05) is 53.7 Å². The van der Waals surface area contributed by atoms with Crippen LogP contribution in [0.5, 0.6) is 0 Å². The van der Waals surface area contributed by atoms with Crippen molar-refractivity contribution >= 4 is 40.4 Å². The first kappa shape index (κ1) is 26.3. The van der Waals surface area contributed by atoms with Crippen LogP contribution < -0.4 is 14.7 Å². The molecular weight excluding hydrogens is 538 g/mol. The van der Waals surface area contributed by atoms with E-state index >= 15 is 0 Å². The zero-order valence-corrected chi connectivity index (χ0v) is 23.8. The maximum Gasteiger partial charge on any atom is 0.340 e. The highest BCUT2D eigenvalue weighted by Gasteiger charge is 2.38. The van der Waals surface area contributed by atoms with Crippen molar-refractivity contribution in [3.63, 3.8) is 0 Å². The average Bonchev–Trinajstić information content (AvgIpc) is 3.55. The van der Waals surface area contributed by atoms with Crippen LogP contribution in [-0.4, -0.2) is 26.0 Å². The van der Waals surface area contributed by atoms with Crippen molar-refractivity contribution in [2.75, 3.05) is 28.8 Å². The maximum absolute atomic E-state index is 12.9. The summed E-state index contributed by atoms with van der Waals surface area (Å²) in [6.45, 7) is 0. The molecule has 2 aliphatic rings. The minimum atomic E-state index is -0.632. The Balaban J connectivity index is 1.31. The summed E-state index contributed by atoms with van der Waals surface area (Å²) in [7, 11) is 4.00. The standard InChI is InChI=1S/C36H29N3O4/c1-37(2)24-16-18-26(19-17-24)39(34-30-13-7-9-15-32(30)36(41)43-34)28-22-20-27(21-23-28)38(25-10-4-3-5-11-25)33-29-12-6-8-14-31(29)35(40)42-33/h3-23,33-34H,1-2H3. The number of carbonyl (C=O) groups excluding carboxylic acids is 2. The van der Waals surface area contributed by atoms with Gasteiger partial charge in [0.25, 0.3) is 0 Å². The highest BCUT2D eigenvalue weighted by molar-refractivity contribution is 5.95. The molecule has 0 amide bonds. The van der Waals surface area contributed by atoms with E-state index in [0.29, 0.717) is 11.1 Å².